The van der Waals surface area contributed by atoms with Gasteiger partial charge in [0, 0.05) is 16.7 Å². The second-order valence-electron chi connectivity index (χ2n) is 6.02. The predicted molar refractivity (Wildman–Crippen MR) is 108 cm³/mol. The van der Waals surface area contributed by atoms with Crippen LogP contribution in [0.5, 0.6) is 0 Å². The van der Waals surface area contributed by atoms with E-state index in [-0.39, 0.29) is 16.3 Å². The van der Waals surface area contributed by atoms with Crippen LogP contribution in [0.2, 0.25) is 5.02 Å². The molecule has 1 heterocycles. The normalized spacial score (nSPS) is 10.8. The fourth-order valence-corrected chi connectivity index (χ4v) is 3.09. The quantitative estimate of drug-likeness (QED) is 0.375. The molecule has 1 amide bonds. The van der Waals surface area contributed by atoms with Crippen molar-refractivity contribution in [3.05, 3.63) is 87.4 Å². The van der Waals surface area contributed by atoms with Gasteiger partial charge < -0.3 is 10.3 Å². The van der Waals surface area contributed by atoms with Gasteiger partial charge in [-0.1, -0.05) is 35.9 Å². The van der Waals surface area contributed by atoms with Crippen LogP contribution in [0.3, 0.4) is 0 Å². The molecule has 0 spiro atoms. The third-order valence-corrected chi connectivity index (χ3v) is 4.45. The highest BCUT2D eigenvalue weighted by atomic mass is 35.5. The Morgan fingerprint density at radius 3 is 2.61 bits per heavy atom. The molecular formula is C20H13ClN4O3. The molecule has 0 unspecified atom stereocenters. The summed E-state index contributed by atoms with van der Waals surface area (Å²) in [7, 11) is 0. The van der Waals surface area contributed by atoms with Crippen molar-refractivity contribution < 1.29 is 9.72 Å². The SMILES string of the molecule is O=C(Nc1ccccc1-c1nc2ccccc2[nH]1)c1cc(Cl)ccc1[N+](=O)[O-]. The van der Waals surface area contributed by atoms with Crippen molar-refractivity contribution in [1.82, 2.24) is 9.97 Å². The Kier molecular flexibility index (Phi) is 4.50. The van der Waals surface area contributed by atoms with E-state index in [1.807, 2.05) is 30.3 Å². The molecule has 0 radical (unpaired) electrons. The highest BCUT2D eigenvalue weighted by Crippen LogP contribution is 2.29. The number of nitro benzene ring substituents is 1. The molecule has 0 saturated heterocycles. The first-order valence-corrected chi connectivity index (χ1v) is 8.70. The molecule has 0 aliphatic rings. The van der Waals surface area contributed by atoms with E-state index in [2.05, 4.69) is 15.3 Å². The molecule has 0 aliphatic heterocycles. The molecule has 0 bridgehead atoms. The van der Waals surface area contributed by atoms with Gasteiger partial charge in [-0.2, -0.15) is 0 Å². The van der Waals surface area contributed by atoms with Crippen molar-refractivity contribution in [1.29, 1.82) is 0 Å². The molecule has 0 fully saturated rings. The largest absolute Gasteiger partial charge is 0.338 e. The summed E-state index contributed by atoms with van der Waals surface area (Å²) in [6.45, 7) is 0. The Hall–Kier alpha value is -3.71. The molecule has 0 saturated carbocycles. The Balaban J connectivity index is 1.73. The van der Waals surface area contributed by atoms with Crippen molar-refractivity contribution >= 4 is 39.9 Å². The molecule has 28 heavy (non-hydrogen) atoms. The number of carbonyl (C=O) groups excluding carboxylic acids is 1. The van der Waals surface area contributed by atoms with Gasteiger partial charge in [0.2, 0.25) is 0 Å². The van der Waals surface area contributed by atoms with Crippen LogP contribution < -0.4 is 5.32 Å². The lowest BCUT2D eigenvalue weighted by molar-refractivity contribution is -0.385. The van der Waals surface area contributed by atoms with Gasteiger partial charge in [0.05, 0.1) is 21.6 Å². The van der Waals surface area contributed by atoms with Gasteiger partial charge in [-0.3, -0.25) is 14.9 Å². The Labute approximate surface area is 164 Å². The molecule has 4 rings (SSSR count). The molecule has 2 N–H and O–H groups in total. The van der Waals surface area contributed by atoms with Gasteiger partial charge in [0.25, 0.3) is 11.6 Å². The van der Waals surface area contributed by atoms with Gasteiger partial charge in [-0.25, -0.2) is 4.98 Å². The number of fused-ring (bicyclic) bond motifs is 1. The number of amides is 1. The monoisotopic (exact) mass is 392 g/mol. The Morgan fingerprint density at radius 1 is 1.07 bits per heavy atom. The molecule has 3 aromatic carbocycles. The molecule has 0 aliphatic carbocycles. The third-order valence-electron chi connectivity index (χ3n) is 4.22. The zero-order valence-corrected chi connectivity index (χ0v) is 15.1. The number of nitro groups is 1. The maximum absolute atomic E-state index is 12.7. The van der Waals surface area contributed by atoms with E-state index in [0.717, 1.165) is 11.0 Å². The van der Waals surface area contributed by atoms with Crippen LogP contribution in [0, 0.1) is 10.1 Å². The maximum Gasteiger partial charge on any atom is 0.282 e. The number of nitrogens with one attached hydrogen (secondary N) is 2. The second kappa shape index (κ2) is 7.13. The molecular weight excluding hydrogens is 380 g/mol. The van der Waals surface area contributed by atoms with Crippen molar-refractivity contribution in [2.24, 2.45) is 0 Å². The average Bonchev–Trinajstić information content (AvgIpc) is 3.12. The lowest BCUT2D eigenvalue weighted by Gasteiger charge is -2.10. The van der Waals surface area contributed by atoms with Crippen LogP contribution in [0.25, 0.3) is 22.4 Å². The van der Waals surface area contributed by atoms with E-state index in [1.165, 1.54) is 18.2 Å². The van der Waals surface area contributed by atoms with E-state index in [0.29, 0.717) is 17.1 Å². The summed E-state index contributed by atoms with van der Waals surface area (Å²) in [5, 5.41) is 14.2. The highest BCUT2D eigenvalue weighted by Gasteiger charge is 2.22. The van der Waals surface area contributed by atoms with Crippen LogP contribution in [0.4, 0.5) is 11.4 Å². The van der Waals surface area contributed by atoms with Gasteiger partial charge in [-0.15, -0.1) is 0 Å². The number of rotatable bonds is 4. The minimum absolute atomic E-state index is 0.114. The summed E-state index contributed by atoms with van der Waals surface area (Å²) < 4.78 is 0. The first-order valence-electron chi connectivity index (χ1n) is 8.32. The summed E-state index contributed by atoms with van der Waals surface area (Å²) in [5.74, 6) is -0.0459. The number of halogens is 1. The molecule has 138 valence electrons. The van der Waals surface area contributed by atoms with Gasteiger partial charge in [0.1, 0.15) is 11.4 Å². The number of H-pyrrole nitrogens is 1. The molecule has 7 nitrogen and oxygen atoms in total. The van der Waals surface area contributed by atoms with E-state index in [1.54, 1.807) is 18.2 Å². The Bertz CT molecular complexity index is 1190. The van der Waals surface area contributed by atoms with Crippen molar-refractivity contribution in [2.45, 2.75) is 0 Å². The number of imidazole rings is 1. The number of carbonyl (C=O) groups is 1. The predicted octanol–water partition coefficient (Wildman–Crippen LogP) is 5.04. The minimum atomic E-state index is -0.627. The van der Waals surface area contributed by atoms with E-state index >= 15 is 0 Å². The number of aromatic nitrogens is 2. The van der Waals surface area contributed by atoms with Crippen LogP contribution in [-0.2, 0) is 0 Å². The van der Waals surface area contributed by atoms with Crippen LogP contribution in [0.1, 0.15) is 10.4 Å². The molecule has 1 aromatic heterocycles. The third kappa shape index (κ3) is 3.30. The fraction of sp³-hybridized carbons (Fsp3) is 0. The number of para-hydroxylation sites is 3. The van der Waals surface area contributed by atoms with Gasteiger partial charge >= 0.3 is 0 Å². The first kappa shape index (κ1) is 17.7. The summed E-state index contributed by atoms with van der Waals surface area (Å²) >= 11 is 5.92. The van der Waals surface area contributed by atoms with E-state index in [4.69, 9.17) is 11.6 Å². The first-order chi connectivity index (χ1) is 13.5. The average molecular weight is 393 g/mol. The fourth-order valence-electron chi connectivity index (χ4n) is 2.92. The lowest BCUT2D eigenvalue weighted by atomic mass is 10.1. The molecule has 0 atom stereocenters. The minimum Gasteiger partial charge on any atom is -0.338 e. The zero-order valence-electron chi connectivity index (χ0n) is 14.3. The lowest BCUT2D eigenvalue weighted by Crippen LogP contribution is -2.14. The molecule has 4 aromatic rings. The second-order valence-corrected chi connectivity index (χ2v) is 6.46. The van der Waals surface area contributed by atoms with Crippen LogP contribution in [-0.4, -0.2) is 20.8 Å². The number of hydrogen-bond donors (Lipinski definition) is 2. The van der Waals surface area contributed by atoms with Crippen LogP contribution in [0.15, 0.2) is 66.7 Å². The summed E-state index contributed by atoms with van der Waals surface area (Å²) in [6.07, 6.45) is 0. The topological polar surface area (TPSA) is 101 Å². The Morgan fingerprint density at radius 2 is 1.82 bits per heavy atom. The number of nitrogens with zero attached hydrogens (tertiary/aromatic N) is 2. The van der Waals surface area contributed by atoms with Gasteiger partial charge in [-0.05, 0) is 36.4 Å². The standard InChI is InChI=1S/C20H13ClN4O3/c21-12-9-10-18(25(27)28)14(11-12)20(26)24-15-6-2-1-5-13(15)19-22-16-7-3-4-8-17(16)23-19/h1-11H,(H,22,23)(H,24,26). The smallest absolute Gasteiger partial charge is 0.282 e. The number of aromatic amines is 1. The number of benzene rings is 3. The van der Waals surface area contributed by atoms with E-state index in [9.17, 15) is 14.9 Å². The summed E-state index contributed by atoms with van der Waals surface area (Å²) in [6, 6.07) is 18.5. The summed E-state index contributed by atoms with van der Waals surface area (Å²) in [4.78, 5) is 31.1. The van der Waals surface area contributed by atoms with Crippen molar-refractivity contribution in [2.75, 3.05) is 5.32 Å². The molecule has 8 heteroatoms. The highest BCUT2D eigenvalue weighted by molar-refractivity contribution is 6.31. The van der Waals surface area contributed by atoms with Crippen LogP contribution >= 0.6 is 11.6 Å². The van der Waals surface area contributed by atoms with Gasteiger partial charge in [0.15, 0.2) is 0 Å². The van der Waals surface area contributed by atoms with E-state index < -0.39 is 10.8 Å². The number of anilines is 1. The van der Waals surface area contributed by atoms with Crippen molar-refractivity contribution in [3.8, 4) is 11.4 Å². The zero-order chi connectivity index (χ0) is 19.7. The maximum atomic E-state index is 12.7. The van der Waals surface area contributed by atoms with Crippen molar-refractivity contribution in [3.63, 3.8) is 0 Å². The summed E-state index contributed by atoms with van der Waals surface area (Å²) in [5.41, 5.74) is 2.37. The number of hydrogen-bond acceptors (Lipinski definition) is 4.